The molecule has 0 unspecified atom stereocenters. The Morgan fingerprint density at radius 3 is 2.30 bits per heavy atom. The Hall–Kier alpha value is -3.64. The summed E-state index contributed by atoms with van der Waals surface area (Å²) in [5.41, 5.74) is 3.63. The van der Waals surface area contributed by atoms with Gasteiger partial charge in [0.05, 0.1) is 12.1 Å². The standard InChI is InChI=1S/C27H29N3O3/c1-20-9-8-13-24(21(20)2)28-26(31)19-29-15-17-30(18-16-29)27(32)23-12-6-7-14-25(23)33-22-10-4-3-5-11-22/h3-14H,15-19H2,1-2H3,(H,28,31). The first kappa shape index (κ1) is 22.6. The van der Waals surface area contributed by atoms with Gasteiger partial charge in [0, 0.05) is 31.9 Å². The lowest BCUT2D eigenvalue weighted by molar-refractivity contribution is -0.117. The van der Waals surface area contributed by atoms with Gasteiger partial charge in [-0.3, -0.25) is 14.5 Å². The molecule has 1 N–H and O–H groups in total. The molecule has 0 bridgehead atoms. The quantitative estimate of drug-likeness (QED) is 0.610. The fourth-order valence-corrected chi connectivity index (χ4v) is 3.91. The molecule has 0 spiro atoms. The zero-order valence-electron chi connectivity index (χ0n) is 19.1. The fraction of sp³-hybridized carbons (Fsp3) is 0.259. The highest BCUT2D eigenvalue weighted by Crippen LogP contribution is 2.26. The summed E-state index contributed by atoms with van der Waals surface area (Å²) in [7, 11) is 0. The van der Waals surface area contributed by atoms with Gasteiger partial charge in [0.25, 0.3) is 5.91 Å². The van der Waals surface area contributed by atoms with Gasteiger partial charge in [-0.2, -0.15) is 0 Å². The van der Waals surface area contributed by atoms with Crippen molar-refractivity contribution >= 4 is 17.5 Å². The van der Waals surface area contributed by atoms with Crippen LogP contribution in [-0.4, -0.2) is 54.3 Å². The Labute approximate surface area is 194 Å². The van der Waals surface area contributed by atoms with Crippen LogP contribution in [0.4, 0.5) is 5.69 Å². The number of ether oxygens (including phenoxy) is 1. The molecule has 1 aliphatic heterocycles. The summed E-state index contributed by atoms with van der Waals surface area (Å²) in [4.78, 5) is 29.7. The number of rotatable bonds is 6. The molecule has 0 aliphatic carbocycles. The molecule has 0 radical (unpaired) electrons. The van der Waals surface area contributed by atoms with E-state index < -0.39 is 0 Å². The van der Waals surface area contributed by atoms with E-state index in [1.165, 1.54) is 0 Å². The molecule has 6 nitrogen and oxygen atoms in total. The Morgan fingerprint density at radius 1 is 0.848 bits per heavy atom. The van der Waals surface area contributed by atoms with E-state index in [-0.39, 0.29) is 11.8 Å². The normalized spacial score (nSPS) is 14.1. The van der Waals surface area contributed by atoms with Crippen LogP contribution in [0, 0.1) is 13.8 Å². The highest BCUT2D eigenvalue weighted by Gasteiger charge is 2.25. The molecule has 170 valence electrons. The number of nitrogens with zero attached hydrogens (tertiary/aromatic N) is 2. The number of carbonyl (C=O) groups is 2. The van der Waals surface area contributed by atoms with Gasteiger partial charge < -0.3 is 15.0 Å². The van der Waals surface area contributed by atoms with Crippen molar-refractivity contribution in [2.75, 3.05) is 38.0 Å². The summed E-state index contributed by atoms with van der Waals surface area (Å²) in [5, 5.41) is 3.01. The maximum atomic E-state index is 13.2. The number of anilines is 1. The minimum atomic E-state index is -0.0546. The van der Waals surface area contributed by atoms with E-state index in [1.54, 1.807) is 6.07 Å². The average molecular weight is 444 g/mol. The fourth-order valence-electron chi connectivity index (χ4n) is 3.91. The molecule has 1 aliphatic rings. The molecular weight excluding hydrogens is 414 g/mol. The van der Waals surface area contributed by atoms with E-state index in [0.717, 1.165) is 16.8 Å². The molecule has 0 aromatic heterocycles. The third kappa shape index (κ3) is 5.59. The first-order valence-corrected chi connectivity index (χ1v) is 11.2. The van der Waals surface area contributed by atoms with Crippen molar-refractivity contribution in [3.05, 3.63) is 89.5 Å². The third-order valence-corrected chi connectivity index (χ3v) is 5.99. The highest BCUT2D eigenvalue weighted by atomic mass is 16.5. The van der Waals surface area contributed by atoms with Crippen LogP contribution in [0.5, 0.6) is 11.5 Å². The van der Waals surface area contributed by atoms with Crippen molar-refractivity contribution in [3.8, 4) is 11.5 Å². The zero-order chi connectivity index (χ0) is 23.2. The lowest BCUT2D eigenvalue weighted by Crippen LogP contribution is -2.50. The highest BCUT2D eigenvalue weighted by molar-refractivity contribution is 5.97. The van der Waals surface area contributed by atoms with Crippen LogP contribution in [-0.2, 0) is 4.79 Å². The molecule has 4 rings (SSSR count). The number of aryl methyl sites for hydroxylation is 1. The van der Waals surface area contributed by atoms with Crippen LogP contribution in [0.3, 0.4) is 0 Å². The van der Waals surface area contributed by atoms with Crippen molar-refractivity contribution < 1.29 is 14.3 Å². The van der Waals surface area contributed by atoms with Crippen molar-refractivity contribution in [1.82, 2.24) is 9.80 Å². The van der Waals surface area contributed by atoms with Gasteiger partial charge >= 0.3 is 0 Å². The molecule has 6 heteroatoms. The largest absolute Gasteiger partial charge is 0.457 e. The smallest absolute Gasteiger partial charge is 0.257 e. The number of piperazine rings is 1. The summed E-state index contributed by atoms with van der Waals surface area (Å²) < 4.78 is 5.96. The molecule has 1 fully saturated rings. The van der Waals surface area contributed by atoms with Gasteiger partial charge in [-0.15, -0.1) is 0 Å². The molecule has 3 aromatic rings. The Morgan fingerprint density at radius 2 is 1.55 bits per heavy atom. The molecule has 0 atom stereocenters. The summed E-state index contributed by atoms with van der Waals surface area (Å²) in [6, 6.07) is 22.7. The van der Waals surface area contributed by atoms with Crippen molar-refractivity contribution in [2.24, 2.45) is 0 Å². The van der Waals surface area contributed by atoms with Gasteiger partial charge in [0.2, 0.25) is 5.91 Å². The van der Waals surface area contributed by atoms with Crippen LogP contribution < -0.4 is 10.1 Å². The maximum absolute atomic E-state index is 13.2. The molecule has 3 aromatic carbocycles. The van der Waals surface area contributed by atoms with E-state index >= 15 is 0 Å². The van der Waals surface area contributed by atoms with E-state index in [9.17, 15) is 9.59 Å². The minimum Gasteiger partial charge on any atom is -0.457 e. The number of para-hydroxylation sites is 2. The lowest BCUT2D eigenvalue weighted by atomic mass is 10.1. The van der Waals surface area contributed by atoms with Gasteiger partial charge in [-0.1, -0.05) is 42.5 Å². The number of carbonyl (C=O) groups excluding carboxylic acids is 2. The molecule has 1 heterocycles. The van der Waals surface area contributed by atoms with Crippen molar-refractivity contribution in [2.45, 2.75) is 13.8 Å². The van der Waals surface area contributed by atoms with Crippen LogP contribution >= 0.6 is 0 Å². The molecule has 1 saturated heterocycles. The topological polar surface area (TPSA) is 61.9 Å². The second kappa shape index (κ2) is 10.3. The summed E-state index contributed by atoms with van der Waals surface area (Å²) in [6.07, 6.45) is 0. The number of hydrogen-bond acceptors (Lipinski definition) is 4. The minimum absolute atomic E-state index is 0.0370. The van der Waals surface area contributed by atoms with E-state index in [1.807, 2.05) is 85.5 Å². The number of amides is 2. The molecule has 2 amide bonds. The predicted octanol–water partition coefficient (Wildman–Crippen LogP) is 4.49. The third-order valence-electron chi connectivity index (χ3n) is 5.99. The van der Waals surface area contributed by atoms with Gasteiger partial charge in [0.1, 0.15) is 11.5 Å². The molecular formula is C27H29N3O3. The number of nitrogens with one attached hydrogen (secondary N) is 1. The van der Waals surface area contributed by atoms with Gasteiger partial charge in [-0.05, 0) is 55.3 Å². The monoisotopic (exact) mass is 443 g/mol. The Balaban J connectivity index is 1.33. The van der Waals surface area contributed by atoms with Crippen LogP contribution in [0.15, 0.2) is 72.8 Å². The lowest BCUT2D eigenvalue weighted by Gasteiger charge is -2.34. The average Bonchev–Trinajstić information content (AvgIpc) is 2.83. The first-order chi connectivity index (χ1) is 16.0. The molecule has 0 saturated carbocycles. The van der Waals surface area contributed by atoms with E-state index in [4.69, 9.17) is 4.74 Å². The van der Waals surface area contributed by atoms with E-state index in [0.29, 0.717) is 49.8 Å². The summed E-state index contributed by atoms with van der Waals surface area (Å²) in [5.74, 6) is 1.15. The second-order valence-electron chi connectivity index (χ2n) is 8.28. The van der Waals surface area contributed by atoms with Crippen molar-refractivity contribution in [1.29, 1.82) is 0 Å². The van der Waals surface area contributed by atoms with E-state index in [2.05, 4.69) is 10.2 Å². The van der Waals surface area contributed by atoms with Crippen LogP contribution in [0.1, 0.15) is 21.5 Å². The SMILES string of the molecule is Cc1cccc(NC(=O)CN2CCN(C(=O)c3ccccc3Oc3ccccc3)CC2)c1C. The first-order valence-electron chi connectivity index (χ1n) is 11.2. The maximum Gasteiger partial charge on any atom is 0.257 e. The summed E-state index contributed by atoms with van der Waals surface area (Å²) in [6.45, 7) is 6.77. The Bertz CT molecular complexity index is 1120. The number of hydrogen-bond donors (Lipinski definition) is 1. The Kier molecular flexibility index (Phi) is 7.05. The van der Waals surface area contributed by atoms with Crippen molar-refractivity contribution in [3.63, 3.8) is 0 Å². The van der Waals surface area contributed by atoms with Gasteiger partial charge in [0.15, 0.2) is 0 Å². The second-order valence-corrected chi connectivity index (χ2v) is 8.28. The van der Waals surface area contributed by atoms with Gasteiger partial charge in [-0.25, -0.2) is 0 Å². The molecule has 33 heavy (non-hydrogen) atoms. The predicted molar refractivity (Wildman–Crippen MR) is 130 cm³/mol. The zero-order valence-corrected chi connectivity index (χ0v) is 19.1. The van der Waals surface area contributed by atoms with Crippen LogP contribution in [0.25, 0.3) is 0 Å². The van der Waals surface area contributed by atoms with Crippen LogP contribution in [0.2, 0.25) is 0 Å². The summed E-state index contributed by atoms with van der Waals surface area (Å²) >= 11 is 0. The number of benzene rings is 3.